The Morgan fingerprint density at radius 2 is 1.47 bits per heavy atom. The summed E-state index contributed by atoms with van der Waals surface area (Å²) in [5.41, 5.74) is 5.13. The maximum Gasteiger partial charge on any atom is 0.0456 e. The molecule has 1 nitrogen and oxygen atoms in total. The third-order valence-electron chi connectivity index (χ3n) is 6.76. The number of thiophene rings is 1. The molecule has 0 amide bonds. The Hall–Kier alpha value is -1.54. The zero-order valence-electron chi connectivity index (χ0n) is 22.2. The van der Waals surface area contributed by atoms with E-state index >= 15 is 0 Å². The Kier molecular flexibility index (Phi) is 6.80. The Morgan fingerprint density at radius 3 is 2.09 bits per heavy atom. The number of rotatable bonds is 7. The van der Waals surface area contributed by atoms with Gasteiger partial charge < -0.3 is 4.98 Å². The van der Waals surface area contributed by atoms with Crippen LogP contribution in [-0.4, -0.2) is 4.98 Å². The molecule has 0 saturated carbocycles. The van der Waals surface area contributed by atoms with Gasteiger partial charge in [-0.15, -0.1) is 11.3 Å². The molecule has 0 radical (unpaired) electrons. The molecule has 2 aromatic heterocycles. The molecule has 176 valence electrons. The standard InChI is InChI=1S/C30H45NS/c1-27(2,3)19-23-12-14-26(32-23)30(9,10)16-15-29(7,8)18-21-20-31-25-13-11-22(17-24(21)25)28(4,5)6/h11-14,17,20,31H,15-16,18-19H2,1-10H3. The average Bonchev–Trinajstić information content (AvgIpc) is 3.25. The summed E-state index contributed by atoms with van der Waals surface area (Å²) in [5, 5.41) is 1.40. The molecule has 2 heteroatoms. The normalized spacial score (nSPS) is 13.8. The van der Waals surface area contributed by atoms with Gasteiger partial charge in [-0.05, 0) is 82.7 Å². The first kappa shape index (κ1) is 25.1. The van der Waals surface area contributed by atoms with Crippen LogP contribution in [0.25, 0.3) is 10.9 Å². The summed E-state index contributed by atoms with van der Waals surface area (Å²) in [4.78, 5) is 6.57. The van der Waals surface area contributed by atoms with E-state index in [4.69, 9.17) is 0 Å². The fourth-order valence-electron chi connectivity index (χ4n) is 4.53. The van der Waals surface area contributed by atoms with Crippen LogP contribution in [0.5, 0.6) is 0 Å². The summed E-state index contributed by atoms with van der Waals surface area (Å²) in [6, 6.07) is 11.7. The topological polar surface area (TPSA) is 15.8 Å². The quantitative estimate of drug-likeness (QED) is 0.368. The maximum atomic E-state index is 3.51. The highest BCUT2D eigenvalue weighted by Crippen LogP contribution is 2.40. The number of hydrogen-bond donors (Lipinski definition) is 1. The number of aromatic amines is 1. The molecule has 0 unspecified atom stereocenters. The van der Waals surface area contributed by atoms with E-state index in [-0.39, 0.29) is 16.2 Å². The van der Waals surface area contributed by atoms with Gasteiger partial charge in [0.2, 0.25) is 0 Å². The summed E-state index contributed by atoms with van der Waals surface area (Å²) in [6.45, 7) is 23.6. The van der Waals surface area contributed by atoms with E-state index in [1.165, 1.54) is 44.6 Å². The summed E-state index contributed by atoms with van der Waals surface area (Å²) < 4.78 is 0. The van der Waals surface area contributed by atoms with Gasteiger partial charge in [0.1, 0.15) is 0 Å². The largest absolute Gasteiger partial charge is 0.361 e. The van der Waals surface area contributed by atoms with Crippen LogP contribution in [0.2, 0.25) is 0 Å². The van der Waals surface area contributed by atoms with Gasteiger partial charge in [0.05, 0.1) is 0 Å². The first-order chi connectivity index (χ1) is 14.6. The minimum absolute atomic E-state index is 0.175. The number of nitrogens with one attached hydrogen (secondary N) is 1. The van der Waals surface area contributed by atoms with Crippen molar-refractivity contribution in [2.75, 3.05) is 0 Å². The lowest BCUT2D eigenvalue weighted by Crippen LogP contribution is -2.22. The minimum Gasteiger partial charge on any atom is -0.361 e. The summed E-state index contributed by atoms with van der Waals surface area (Å²) in [6.07, 6.45) is 6.94. The van der Waals surface area contributed by atoms with Crippen LogP contribution in [0, 0.1) is 10.8 Å². The predicted molar refractivity (Wildman–Crippen MR) is 144 cm³/mol. The van der Waals surface area contributed by atoms with Gasteiger partial charge in [0, 0.05) is 26.9 Å². The minimum atomic E-state index is 0.175. The Balaban J connectivity index is 1.71. The van der Waals surface area contributed by atoms with Crippen molar-refractivity contribution in [2.45, 2.75) is 106 Å². The summed E-state index contributed by atoms with van der Waals surface area (Å²) >= 11 is 2.02. The van der Waals surface area contributed by atoms with Gasteiger partial charge >= 0.3 is 0 Å². The molecule has 0 bridgehead atoms. The number of aromatic nitrogens is 1. The Bertz CT molecular complexity index is 1050. The molecule has 3 aromatic rings. The van der Waals surface area contributed by atoms with Crippen molar-refractivity contribution in [3.63, 3.8) is 0 Å². The fourth-order valence-corrected chi connectivity index (χ4v) is 5.97. The van der Waals surface area contributed by atoms with Crippen LogP contribution in [-0.2, 0) is 23.7 Å². The van der Waals surface area contributed by atoms with E-state index in [9.17, 15) is 0 Å². The smallest absolute Gasteiger partial charge is 0.0456 e. The molecule has 1 aromatic carbocycles. The van der Waals surface area contributed by atoms with E-state index < -0.39 is 0 Å². The van der Waals surface area contributed by atoms with Crippen LogP contribution in [0.1, 0.15) is 103 Å². The highest BCUT2D eigenvalue weighted by Gasteiger charge is 2.28. The number of H-pyrrole nitrogens is 1. The lowest BCUT2D eigenvalue weighted by Gasteiger charge is -2.31. The molecule has 0 spiro atoms. The van der Waals surface area contributed by atoms with Crippen molar-refractivity contribution in [3.05, 3.63) is 57.4 Å². The zero-order valence-corrected chi connectivity index (χ0v) is 23.0. The van der Waals surface area contributed by atoms with Crippen LogP contribution < -0.4 is 0 Å². The molecule has 3 rings (SSSR count). The average molecular weight is 452 g/mol. The molecular weight excluding hydrogens is 406 g/mol. The number of benzene rings is 1. The van der Waals surface area contributed by atoms with Gasteiger partial charge in [-0.25, -0.2) is 0 Å². The van der Waals surface area contributed by atoms with E-state index in [1.807, 2.05) is 11.3 Å². The monoisotopic (exact) mass is 451 g/mol. The molecule has 0 aliphatic rings. The molecule has 0 atom stereocenters. The van der Waals surface area contributed by atoms with Gasteiger partial charge in [0.25, 0.3) is 0 Å². The molecular formula is C30H45NS. The predicted octanol–water partition coefficient (Wildman–Crippen LogP) is 9.44. The second-order valence-electron chi connectivity index (χ2n) is 13.6. The van der Waals surface area contributed by atoms with Crippen molar-refractivity contribution in [1.29, 1.82) is 0 Å². The van der Waals surface area contributed by atoms with Crippen molar-refractivity contribution < 1.29 is 0 Å². The first-order valence-electron chi connectivity index (χ1n) is 12.3. The zero-order chi connectivity index (χ0) is 23.9. The Morgan fingerprint density at radius 1 is 0.781 bits per heavy atom. The highest BCUT2D eigenvalue weighted by molar-refractivity contribution is 7.12. The van der Waals surface area contributed by atoms with Gasteiger partial charge in [-0.3, -0.25) is 0 Å². The van der Waals surface area contributed by atoms with Crippen LogP contribution in [0.4, 0.5) is 0 Å². The Labute approximate surface area is 201 Å². The van der Waals surface area contributed by atoms with Gasteiger partial charge in [0.15, 0.2) is 0 Å². The number of fused-ring (bicyclic) bond motifs is 1. The van der Waals surface area contributed by atoms with Crippen molar-refractivity contribution in [1.82, 2.24) is 4.98 Å². The molecule has 0 fully saturated rings. The SMILES string of the molecule is CC(C)(C)Cc1ccc(C(C)(C)CCC(C)(C)Cc2c[nH]c3ccc(C(C)(C)C)cc23)s1. The maximum absolute atomic E-state index is 3.51. The molecule has 0 aliphatic heterocycles. The number of hydrogen-bond acceptors (Lipinski definition) is 1. The molecule has 0 saturated heterocycles. The van der Waals surface area contributed by atoms with Gasteiger partial charge in [-0.1, -0.05) is 75.3 Å². The van der Waals surface area contributed by atoms with E-state index in [0.29, 0.717) is 5.41 Å². The molecule has 32 heavy (non-hydrogen) atoms. The second-order valence-corrected chi connectivity index (χ2v) is 14.7. The first-order valence-corrected chi connectivity index (χ1v) is 13.1. The second kappa shape index (κ2) is 8.67. The molecule has 2 heterocycles. The van der Waals surface area contributed by atoms with Crippen molar-refractivity contribution in [3.8, 4) is 0 Å². The lowest BCUT2D eigenvalue weighted by molar-refractivity contribution is 0.287. The molecule has 1 N–H and O–H groups in total. The van der Waals surface area contributed by atoms with Crippen LogP contribution in [0.15, 0.2) is 36.5 Å². The van der Waals surface area contributed by atoms with Crippen LogP contribution in [0.3, 0.4) is 0 Å². The highest BCUT2D eigenvalue weighted by atomic mass is 32.1. The van der Waals surface area contributed by atoms with E-state index in [2.05, 4.69) is 111 Å². The van der Waals surface area contributed by atoms with E-state index in [1.54, 1.807) is 0 Å². The third kappa shape index (κ3) is 6.28. The van der Waals surface area contributed by atoms with Gasteiger partial charge in [-0.2, -0.15) is 0 Å². The fraction of sp³-hybridized carbons (Fsp3) is 0.600. The van der Waals surface area contributed by atoms with Crippen molar-refractivity contribution in [2.24, 2.45) is 10.8 Å². The lowest BCUT2D eigenvalue weighted by atomic mass is 9.75. The summed E-state index contributed by atoms with van der Waals surface area (Å²) in [7, 11) is 0. The van der Waals surface area contributed by atoms with Crippen LogP contribution >= 0.6 is 11.3 Å². The molecule has 0 aliphatic carbocycles. The third-order valence-corrected chi connectivity index (χ3v) is 8.21. The summed E-state index contributed by atoms with van der Waals surface area (Å²) in [5.74, 6) is 0. The van der Waals surface area contributed by atoms with E-state index in [0.717, 1.165) is 12.8 Å². The van der Waals surface area contributed by atoms with Crippen molar-refractivity contribution >= 4 is 22.2 Å².